The summed E-state index contributed by atoms with van der Waals surface area (Å²) in [6.07, 6.45) is 2.93. The summed E-state index contributed by atoms with van der Waals surface area (Å²) < 4.78 is 0. The molecule has 0 aliphatic rings. The van der Waals surface area contributed by atoms with Crippen LogP contribution in [0, 0.1) is 0 Å². The first-order valence-electron chi connectivity index (χ1n) is 7.84. The smallest absolute Gasteiger partial charge is 0.305 e. The van der Waals surface area contributed by atoms with Crippen LogP contribution in [0.3, 0.4) is 0 Å². The number of hydrogen-bond donors (Lipinski definition) is 2. The van der Waals surface area contributed by atoms with Crippen molar-refractivity contribution in [2.45, 2.75) is 6.42 Å². The topological polar surface area (TPSA) is 86.3 Å². The highest BCUT2D eigenvalue weighted by atomic mass is 16.4. The molecule has 0 fully saturated rings. The Hall–Kier alpha value is -3.41. The van der Waals surface area contributed by atoms with E-state index in [1.807, 2.05) is 30.3 Å². The van der Waals surface area contributed by atoms with E-state index in [4.69, 9.17) is 5.11 Å². The first kappa shape index (κ1) is 16.4. The molecule has 0 bridgehead atoms. The Labute approximate surface area is 144 Å². The summed E-state index contributed by atoms with van der Waals surface area (Å²) in [7, 11) is 0. The van der Waals surface area contributed by atoms with E-state index >= 15 is 0 Å². The zero-order valence-corrected chi connectivity index (χ0v) is 13.4. The van der Waals surface area contributed by atoms with Gasteiger partial charge in [-0.15, -0.1) is 0 Å². The van der Waals surface area contributed by atoms with Gasteiger partial charge < -0.3 is 10.0 Å². The van der Waals surface area contributed by atoms with Crippen molar-refractivity contribution in [1.82, 2.24) is 10.2 Å². The normalized spacial score (nSPS) is 11.0. The number of nitrogens with zero attached hydrogens (tertiary/aromatic N) is 2. The number of carboxylic acid groups (broad SMARTS) is 1. The Morgan fingerprint density at radius 2 is 1.80 bits per heavy atom. The number of aromatic nitrogens is 2. The van der Waals surface area contributed by atoms with Crippen LogP contribution in [0.15, 0.2) is 60.7 Å². The maximum absolute atomic E-state index is 12.6. The second kappa shape index (κ2) is 7.44. The minimum absolute atomic E-state index is 0.101. The minimum Gasteiger partial charge on any atom is -0.481 e. The summed E-state index contributed by atoms with van der Waals surface area (Å²) in [4.78, 5) is 24.9. The molecule has 0 saturated heterocycles. The molecule has 2 aromatic carbocycles. The zero-order chi connectivity index (χ0) is 17.6. The highest BCUT2D eigenvalue weighted by molar-refractivity contribution is 6.05. The van der Waals surface area contributed by atoms with Crippen molar-refractivity contribution in [3.05, 3.63) is 66.4 Å². The number of amides is 1. The lowest BCUT2D eigenvalue weighted by atomic mass is 10.2. The van der Waals surface area contributed by atoms with Gasteiger partial charge in [-0.2, -0.15) is 5.10 Å². The van der Waals surface area contributed by atoms with E-state index in [-0.39, 0.29) is 18.9 Å². The van der Waals surface area contributed by atoms with Gasteiger partial charge in [0, 0.05) is 23.7 Å². The summed E-state index contributed by atoms with van der Waals surface area (Å²) in [5.74, 6) is -1.24. The molecule has 0 aliphatic carbocycles. The molecule has 6 nitrogen and oxygen atoms in total. The van der Waals surface area contributed by atoms with Gasteiger partial charge in [-0.1, -0.05) is 36.4 Å². The molecule has 0 unspecified atom stereocenters. The molecule has 25 heavy (non-hydrogen) atoms. The van der Waals surface area contributed by atoms with Crippen LogP contribution in [0.5, 0.6) is 0 Å². The summed E-state index contributed by atoms with van der Waals surface area (Å²) >= 11 is 0. The van der Waals surface area contributed by atoms with Crippen molar-refractivity contribution in [3.63, 3.8) is 0 Å². The summed E-state index contributed by atoms with van der Waals surface area (Å²) in [5, 5.41) is 16.9. The van der Waals surface area contributed by atoms with Gasteiger partial charge in [-0.25, -0.2) is 0 Å². The molecule has 3 rings (SSSR count). The van der Waals surface area contributed by atoms with E-state index in [0.717, 1.165) is 10.9 Å². The summed E-state index contributed by atoms with van der Waals surface area (Å²) in [5.41, 5.74) is 2.21. The molecule has 0 aliphatic heterocycles. The Balaban J connectivity index is 1.83. The van der Waals surface area contributed by atoms with Crippen LogP contribution in [0.2, 0.25) is 0 Å². The number of carboxylic acids is 1. The monoisotopic (exact) mass is 335 g/mol. The number of aromatic amines is 1. The summed E-state index contributed by atoms with van der Waals surface area (Å²) in [6.45, 7) is 0.101. The molecule has 126 valence electrons. The fourth-order valence-corrected chi connectivity index (χ4v) is 2.53. The predicted octanol–water partition coefficient (Wildman–Crippen LogP) is 3.08. The number of fused-ring (bicyclic) bond motifs is 1. The minimum atomic E-state index is -0.948. The third-order valence-corrected chi connectivity index (χ3v) is 3.77. The predicted molar refractivity (Wildman–Crippen MR) is 96.2 cm³/mol. The number of nitrogens with one attached hydrogen (secondary N) is 1. The summed E-state index contributed by atoms with van der Waals surface area (Å²) in [6, 6.07) is 16.6. The Morgan fingerprint density at radius 3 is 2.56 bits per heavy atom. The van der Waals surface area contributed by atoms with E-state index in [0.29, 0.717) is 11.4 Å². The van der Waals surface area contributed by atoms with E-state index < -0.39 is 5.97 Å². The molecule has 0 saturated carbocycles. The van der Waals surface area contributed by atoms with Gasteiger partial charge in [0.15, 0.2) is 0 Å². The lowest BCUT2D eigenvalue weighted by Gasteiger charge is -2.20. The van der Waals surface area contributed by atoms with Crippen LogP contribution >= 0.6 is 0 Å². The molecular weight excluding hydrogens is 318 g/mol. The first-order valence-corrected chi connectivity index (χ1v) is 7.84. The Morgan fingerprint density at radius 1 is 1.08 bits per heavy atom. The lowest BCUT2D eigenvalue weighted by molar-refractivity contribution is -0.136. The van der Waals surface area contributed by atoms with Crippen LogP contribution in [0.25, 0.3) is 17.0 Å². The largest absolute Gasteiger partial charge is 0.481 e. The van der Waals surface area contributed by atoms with Crippen LogP contribution in [0.4, 0.5) is 5.69 Å². The number of hydrogen-bond acceptors (Lipinski definition) is 3. The Kier molecular flexibility index (Phi) is 4.89. The number of carbonyl (C=O) groups excluding carboxylic acids is 1. The number of rotatable bonds is 6. The van der Waals surface area contributed by atoms with Crippen molar-refractivity contribution < 1.29 is 14.7 Å². The van der Waals surface area contributed by atoms with E-state index in [1.165, 1.54) is 11.0 Å². The van der Waals surface area contributed by atoms with Crippen molar-refractivity contribution in [1.29, 1.82) is 0 Å². The average molecular weight is 335 g/mol. The fraction of sp³-hybridized carbons (Fsp3) is 0.105. The number of anilines is 1. The van der Waals surface area contributed by atoms with Gasteiger partial charge in [0.25, 0.3) is 5.91 Å². The second-order valence-corrected chi connectivity index (χ2v) is 5.46. The number of para-hydroxylation sites is 2. The van der Waals surface area contributed by atoms with Gasteiger partial charge in [0.2, 0.25) is 0 Å². The quantitative estimate of drug-likeness (QED) is 0.678. The molecule has 1 heterocycles. The Bertz CT molecular complexity index is 916. The average Bonchev–Trinajstić information content (AvgIpc) is 3.04. The molecule has 1 amide bonds. The van der Waals surface area contributed by atoms with Crippen LogP contribution < -0.4 is 4.90 Å². The van der Waals surface area contributed by atoms with Crippen molar-refractivity contribution >= 4 is 34.5 Å². The van der Waals surface area contributed by atoms with Gasteiger partial charge in [0.05, 0.1) is 17.6 Å². The number of aliphatic carboxylic acids is 1. The lowest BCUT2D eigenvalue weighted by Crippen LogP contribution is -2.31. The molecule has 2 N–H and O–H groups in total. The van der Waals surface area contributed by atoms with Crippen molar-refractivity contribution in [2.24, 2.45) is 0 Å². The van der Waals surface area contributed by atoms with Gasteiger partial charge in [-0.05, 0) is 24.3 Å². The SMILES string of the molecule is O=C(O)CCN(C(=O)/C=C/c1n[nH]c2ccccc12)c1ccccc1. The highest BCUT2D eigenvalue weighted by Crippen LogP contribution is 2.18. The fourth-order valence-electron chi connectivity index (χ4n) is 2.53. The molecule has 3 aromatic rings. The van der Waals surface area contributed by atoms with Gasteiger partial charge >= 0.3 is 5.97 Å². The molecule has 0 atom stereocenters. The van der Waals surface area contributed by atoms with Gasteiger partial charge in [-0.3, -0.25) is 14.7 Å². The van der Waals surface area contributed by atoms with Crippen molar-refractivity contribution in [2.75, 3.05) is 11.4 Å². The highest BCUT2D eigenvalue weighted by Gasteiger charge is 2.14. The number of H-pyrrole nitrogens is 1. The van der Waals surface area contributed by atoms with Crippen LogP contribution in [0.1, 0.15) is 12.1 Å². The number of carbonyl (C=O) groups is 2. The van der Waals surface area contributed by atoms with Gasteiger partial charge in [0.1, 0.15) is 0 Å². The molecule has 0 radical (unpaired) electrons. The number of benzene rings is 2. The standard InChI is InChI=1S/C19H17N3O3/c23-18(11-10-17-15-8-4-5-9-16(15)20-21-17)22(13-12-19(24)25)14-6-2-1-3-7-14/h1-11H,12-13H2,(H,20,21)(H,24,25)/b11-10+. The molecular formula is C19H17N3O3. The maximum Gasteiger partial charge on any atom is 0.305 e. The maximum atomic E-state index is 12.6. The molecule has 6 heteroatoms. The molecule has 0 spiro atoms. The van der Waals surface area contributed by atoms with E-state index in [9.17, 15) is 9.59 Å². The van der Waals surface area contributed by atoms with E-state index in [1.54, 1.807) is 30.3 Å². The van der Waals surface area contributed by atoms with Crippen LogP contribution in [-0.4, -0.2) is 33.7 Å². The van der Waals surface area contributed by atoms with Crippen LogP contribution in [-0.2, 0) is 9.59 Å². The first-order chi connectivity index (χ1) is 12.1. The molecule has 1 aromatic heterocycles. The zero-order valence-electron chi connectivity index (χ0n) is 13.4. The van der Waals surface area contributed by atoms with E-state index in [2.05, 4.69) is 10.2 Å². The second-order valence-electron chi connectivity index (χ2n) is 5.46. The van der Waals surface area contributed by atoms with Crippen molar-refractivity contribution in [3.8, 4) is 0 Å². The third kappa shape index (κ3) is 3.92. The third-order valence-electron chi connectivity index (χ3n) is 3.77.